The van der Waals surface area contributed by atoms with Crippen LogP contribution in [-0.2, 0) is 14.8 Å². The smallest absolute Gasteiger partial charge is 0.263 e. The second kappa shape index (κ2) is 8.20. The fraction of sp³-hybridized carbons (Fsp3) is 0.263. The van der Waals surface area contributed by atoms with Gasteiger partial charge in [0, 0.05) is 37.4 Å². The Labute approximate surface area is 168 Å². The summed E-state index contributed by atoms with van der Waals surface area (Å²) in [6.07, 6.45) is 0.756. The average Bonchev–Trinajstić information content (AvgIpc) is 2.67. The maximum Gasteiger partial charge on any atom is 0.263 e. The zero-order chi connectivity index (χ0) is 20.3. The predicted octanol–water partition coefficient (Wildman–Crippen LogP) is 2.36. The number of halogens is 1. The number of aryl methyl sites for hydroxylation is 1. The Kier molecular flexibility index (Phi) is 5.90. The van der Waals surface area contributed by atoms with Crippen molar-refractivity contribution in [2.75, 3.05) is 30.9 Å². The third kappa shape index (κ3) is 4.45. The maximum absolute atomic E-state index is 12.8. The van der Waals surface area contributed by atoms with Crippen LogP contribution in [0.5, 0.6) is 0 Å². The molecule has 9 heteroatoms. The highest BCUT2D eigenvalue weighted by Crippen LogP contribution is 2.26. The molecule has 0 radical (unpaired) electrons. The number of benzene rings is 2. The summed E-state index contributed by atoms with van der Waals surface area (Å²) in [5.41, 5.74) is 1.55. The molecule has 0 aromatic heterocycles. The molecule has 1 N–H and O–H groups in total. The number of nitrogens with zero attached hydrogens (tertiary/aromatic N) is 2. The minimum atomic E-state index is -3.97. The van der Waals surface area contributed by atoms with E-state index in [1.807, 2.05) is 13.0 Å². The predicted molar refractivity (Wildman–Crippen MR) is 107 cm³/mol. The molecule has 1 heterocycles. The number of hydrogen-bond acceptors (Lipinski definition) is 4. The lowest BCUT2D eigenvalue weighted by atomic mass is 10.2. The molecule has 1 fully saturated rings. The van der Waals surface area contributed by atoms with E-state index in [-0.39, 0.29) is 21.4 Å². The molecule has 2 amide bonds. The largest absolute Gasteiger partial charge is 0.342 e. The molecule has 28 heavy (non-hydrogen) atoms. The van der Waals surface area contributed by atoms with Crippen molar-refractivity contribution in [3.8, 4) is 0 Å². The van der Waals surface area contributed by atoms with Gasteiger partial charge in [0.25, 0.3) is 15.9 Å². The summed E-state index contributed by atoms with van der Waals surface area (Å²) in [4.78, 5) is 26.6. The summed E-state index contributed by atoms with van der Waals surface area (Å²) in [7, 11) is -3.97. The second-order valence-electron chi connectivity index (χ2n) is 6.55. The van der Waals surface area contributed by atoms with Crippen LogP contribution in [0.4, 0.5) is 5.69 Å². The molecule has 0 atom stereocenters. The van der Waals surface area contributed by atoms with E-state index >= 15 is 0 Å². The van der Waals surface area contributed by atoms with Crippen LogP contribution in [0.3, 0.4) is 0 Å². The van der Waals surface area contributed by atoms with Gasteiger partial charge in [0.2, 0.25) is 6.41 Å². The van der Waals surface area contributed by atoms with Crippen molar-refractivity contribution in [2.24, 2.45) is 0 Å². The van der Waals surface area contributed by atoms with Crippen LogP contribution < -0.4 is 4.72 Å². The van der Waals surface area contributed by atoms with Crippen LogP contribution in [0, 0.1) is 6.92 Å². The molecule has 0 aliphatic carbocycles. The van der Waals surface area contributed by atoms with Crippen LogP contribution in [0.2, 0.25) is 5.02 Å². The van der Waals surface area contributed by atoms with Gasteiger partial charge < -0.3 is 9.80 Å². The molecule has 2 aromatic carbocycles. The van der Waals surface area contributed by atoms with Crippen molar-refractivity contribution < 1.29 is 18.0 Å². The molecule has 1 aliphatic rings. The molecule has 1 aliphatic heterocycles. The number of carbonyl (C=O) groups is 2. The van der Waals surface area contributed by atoms with E-state index in [1.54, 1.807) is 28.0 Å². The van der Waals surface area contributed by atoms with Gasteiger partial charge in [-0.15, -0.1) is 0 Å². The first-order valence-corrected chi connectivity index (χ1v) is 10.5. The standard InChI is InChI=1S/C19H20ClN3O4S/c1-14-3-2-4-16(11-14)21-28(26,27)18-12-15(5-6-17(18)20)19(25)23-9-7-22(13-24)8-10-23/h2-6,11-13,21H,7-10H2,1H3. The van der Waals surface area contributed by atoms with Gasteiger partial charge in [-0.05, 0) is 42.8 Å². The van der Waals surface area contributed by atoms with Crippen molar-refractivity contribution in [1.29, 1.82) is 0 Å². The molecular formula is C19H20ClN3O4S. The lowest BCUT2D eigenvalue weighted by Gasteiger charge is -2.32. The molecule has 0 unspecified atom stereocenters. The number of carbonyl (C=O) groups excluding carboxylic acids is 2. The SMILES string of the molecule is Cc1cccc(NS(=O)(=O)c2cc(C(=O)N3CCN(C=O)CC3)ccc2Cl)c1. The molecule has 2 aromatic rings. The fourth-order valence-electron chi connectivity index (χ4n) is 2.97. The summed E-state index contributed by atoms with van der Waals surface area (Å²) in [5, 5.41) is 0.0301. The number of nitrogens with one attached hydrogen (secondary N) is 1. The topological polar surface area (TPSA) is 86.8 Å². The number of anilines is 1. The number of rotatable bonds is 5. The zero-order valence-electron chi connectivity index (χ0n) is 15.3. The van der Waals surface area contributed by atoms with Gasteiger partial charge in [-0.2, -0.15) is 0 Å². The fourth-order valence-corrected chi connectivity index (χ4v) is 4.55. The number of sulfonamides is 1. The first kappa shape index (κ1) is 20.2. The molecule has 0 saturated carbocycles. The van der Waals surface area contributed by atoms with Gasteiger partial charge in [-0.1, -0.05) is 23.7 Å². The van der Waals surface area contributed by atoms with Crippen LogP contribution in [0.1, 0.15) is 15.9 Å². The van der Waals surface area contributed by atoms with Crippen molar-refractivity contribution in [3.63, 3.8) is 0 Å². The van der Waals surface area contributed by atoms with Gasteiger partial charge in [-0.25, -0.2) is 8.42 Å². The summed E-state index contributed by atoms with van der Waals surface area (Å²) >= 11 is 6.12. The van der Waals surface area contributed by atoms with Gasteiger partial charge >= 0.3 is 0 Å². The Morgan fingerprint density at radius 2 is 1.82 bits per heavy atom. The van der Waals surface area contributed by atoms with E-state index in [1.165, 1.54) is 18.2 Å². The summed E-state index contributed by atoms with van der Waals surface area (Å²) in [5.74, 6) is -0.297. The Bertz CT molecular complexity index is 1000. The summed E-state index contributed by atoms with van der Waals surface area (Å²) < 4.78 is 28.1. The monoisotopic (exact) mass is 421 g/mol. The van der Waals surface area contributed by atoms with Crippen molar-refractivity contribution in [3.05, 3.63) is 58.6 Å². The Morgan fingerprint density at radius 3 is 2.46 bits per heavy atom. The normalized spacial score (nSPS) is 14.6. The molecule has 0 bridgehead atoms. The van der Waals surface area contributed by atoms with E-state index in [0.717, 1.165) is 12.0 Å². The minimum Gasteiger partial charge on any atom is -0.342 e. The van der Waals surface area contributed by atoms with Crippen LogP contribution >= 0.6 is 11.6 Å². The number of piperazine rings is 1. The zero-order valence-corrected chi connectivity index (χ0v) is 16.8. The van der Waals surface area contributed by atoms with Crippen molar-refractivity contribution in [2.45, 2.75) is 11.8 Å². The minimum absolute atomic E-state index is 0.0301. The van der Waals surface area contributed by atoms with Crippen LogP contribution in [-0.4, -0.2) is 56.7 Å². The van der Waals surface area contributed by atoms with E-state index in [0.29, 0.717) is 31.9 Å². The molecule has 3 rings (SSSR count). The second-order valence-corrected chi connectivity index (χ2v) is 8.61. The van der Waals surface area contributed by atoms with Crippen LogP contribution in [0.15, 0.2) is 47.4 Å². The Hall–Kier alpha value is -2.58. The maximum atomic E-state index is 12.8. The van der Waals surface area contributed by atoms with E-state index in [4.69, 9.17) is 11.6 Å². The average molecular weight is 422 g/mol. The molecule has 1 saturated heterocycles. The lowest BCUT2D eigenvalue weighted by Crippen LogP contribution is -2.48. The number of amides is 2. The lowest BCUT2D eigenvalue weighted by molar-refractivity contribution is -0.119. The third-order valence-electron chi connectivity index (χ3n) is 4.49. The quantitative estimate of drug-likeness (QED) is 0.751. The highest BCUT2D eigenvalue weighted by atomic mass is 35.5. The van der Waals surface area contributed by atoms with Gasteiger partial charge in [0.05, 0.1) is 5.02 Å². The number of hydrogen-bond donors (Lipinski definition) is 1. The first-order chi connectivity index (χ1) is 13.3. The van der Waals surface area contributed by atoms with Gasteiger partial charge in [-0.3, -0.25) is 14.3 Å². The summed E-state index contributed by atoms with van der Waals surface area (Å²) in [6.45, 7) is 3.54. The van der Waals surface area contributed by atoms with Gasteiger partial charge in [0.1, 0.15) is 4.90 Å². The van der Waals surface area contributed by atoms with Crippen molar-refractivity contribution in [1.82, 2.24) is 9.80 Å². The summed E-state index contributed by atoms with van der Waals surface area (Å²) in [6, 6.07) is 11.1. The van der Waals surface area contributed by atoms with E-state index in [2.05, 4.69) is 4.72 Å². The third-order valence-corrected chi connectivity index (χ3v) is 6.35. The van der Waals surface area contributed by atoms with Crippen molar-refractivity contribution >= 4 is 39.6 Å². The van der Waals surface area contributed by atoms with E-state index in [9.17, 15) is 18.0 Å². The highest BCUT2D eigenvalue weighted by molar-refractivity contribution is 7.92. The molecule has 0 spiro atoms. The van der Waals surface area contributed by atoms with Gasteiger partial charge in [0.15, 0.2) is 0 Å². The van der Waals surface area contributed by atoms with E-state index < -0.39 is 10.0 Å². The molecule has 148 valence electrons. The first-order valence-electron chi connectivity index (χ1n) is 8.68. The van der Waals surface area contributed by atoms with Crippen LogP contribution in [0.25, 0.3) is 0 Å². The molecular weight excluding hydrogens is 402 g/mol. The Morgan fingerprint density at radius 1 is 1.11 bits per heavy atom. The highest BCUT2D eigenvalue weighted by Gasteiger charge is 2.25. The molecule has 7 nitrogen and oxygen atoms in total. The Balaban J connectivity index is 1.84.